The van der Waals surface area contributed by atoms with E-state index in [2.05, 4.69) is 30.8 Å². The van der Waals surface area contributed by atoms with Gasteiger partial charge in [0.2, 0.25) is 5.91 Å². The summed E-state index contributed by atoms with van der Waals surface area (Å²) in [5, 5.41) is 22.5. The topological polar surface area (TPSA) is 120 Å². The van der Waals surface area contributed by atoms with E-state index in [9.17, 15) is 4.79 Å². The van der Waals surface area contributed by atoms with Crippen molar-refractivity contribution in [1.29, 1.82) is 0 Å². The quantitative estimate of drug-likeness (QED) is 0.352. The van der Waals surface area contributed by atoms with E-state index in [4.69, 9.17) is 16.7 Å². The number of H-pyrrole nitrogens is 1. The molecule has 5 rings (SSSR count). The molecule has 2 atom stereocenters. The van der Waals surface area contributed by atoms with Gasteiger partial charge in [-0.2, -0.15) is 5.10 Å². The van der Waals surface area contributed by atoms with Crippen molar-refractivity contribution in [2.75, 3.05) is 17.2 Å². The fraction of sp³-hybridized carbons (Fsp3) is 0.333. The van der Waals surface area contributed by atoms with Crippen LogP contribution in [0, 0.1) is 17.7 Å². The number of carbonyl (C=O) groups excluding carboxylic acids is 1. The van der Waals surface area contributed by atoms with Gasteiger partial charge in [-0.15, -0.1) is 0 Å². The number of anilines is 2. The molecule has 3 aromatic heterocycles. The minimum atomic E-state index is -0.588. The Bertz CT molecular complexity index is 1350. The number of halogens is 2. The zero-order valence-electron chi connectivity index (χ0n) is 17.4. The Morgan fingerprint density at radius 1 is 1.41 bits per heavy atom. The lowest BCUT2D eigenvalue weighted by Gasteiger charge is -2.15. The van der Waals surface area contributed by atoms with Crippen LogP contribution in [0.4, 0.5) is 15.9 Å². The number of hydrogen-bond donors (Lipinski definition) is 4. The van der Waals surface area contributed by atoms with Gasteiger partial charge in [-0.05, 0) is 26.2 Å². The largest absolute Gasteiger partial charge is 0.396 e. The maximum Gasteiger partial charge on any atom is 0.229 e. The van der Waals surface area contributed by atoms with Gasteiger partial charge < -0.3 is 20.1 Å². The number of aromatic nitrogens is 5. The highest BCUT2D eigenvalue weighted by Crippen LogP contribution is 2.41. The molecule has 32 heavy (non-hydrogen) atoms. The molecule has 1 saturated carbocycles. The first-order valence-electron chi connectivity index (χ1n) is 10.2. The number of hydrogen-bond acceptors (Lipinski definition) is 6. The van der Waals surface area contributed by atoms with Gasteiger partial charge in [0.1, 0.15) is 0 Å². The van der Waals surface area contributed by atoms with Crippen LogP contribution in [0.15, 0.2) is 24.8 Å². The summed E-state index contributed by atoms with van der Waals surface area (Å²) >= 11 is 6.45. The first-order chi connectivity index (χ1) is 15.4. The van der Waals surface area contributed by atoms with Crippen LogP contribution in [-0.2, 0) is 4.79 Å². The molecule has 1 aliphatic rings. The Morgan fingerprint density at radius 2 is 2.22 bits per heavy atom. The smallest absolute Gasteiger partial charge is 0.229 e. The Kier molecular flexibility index (Phi) is 4.98. The summed E-state index contributed by atoms with van der Waals surface area (Å²) in [4.78, 5) is 21.0. The molecule has 3 heterocycles. The predicted octanol–water partition coefficient (Wildman–Crippen LogP) is 3.45. The van der Waals surface area contributed by atoms with Gasteiger partial charge in [0, 0.05) is 35.7 Å². The van der Waals surface area contributed by atoms with E-state index in [0.717, 1.165) is 0 Å². The Morgan fingerprint density at radius 3 is 2.94 bits per heavy atom. The molecule has 9 nitrogen and oxygen atoms in total. The van der Waals surface area contributed by atoms with E-state index in [0.29, 0.717) is 40.0 Å². The maximum absolute atomic E-state index is 15.2. The van der Waals surface area contributed by atoms with Crippen molar-refractivity contribution in [2.45, 2.75) is 26.3 Å². The summed E-state index contributed by atoms with van der Waals surface area (Å²) in [5.41, 5.74) is 2.11. The van der Waals surface area contributed by atoms with Gasteiger partial charge >= 0.3 is 0 Å². The average Bonchev–Trinajstić information content (AvgIpc) is 3.22. The molecule has 0 radical (unpaired) electrons. The molecule has 0 aliphatic heterocycles. The molecule has 1 amide bonds. The van der Waals surface area contributed by atoms with Crippen LogP contribution in [0.2, 0.25) is 5.02 Å². The van der Waals surface area contributed by atoms with Crippen LogP contribution in [0.25, 0.3) is 27.8 Å². The Hall–Kier alpha value is -3.24. The van der Waals surface area contributed by atoms with E-state index in [1.54, 1.807) is 23.0 Å². The predicted molar refractivity (Wildman–Crippen MR) is 119 cm³/mol. The number of fused-ring (bicyclic) bond motifs is 2. The SMILES string of the molecule is CC(C)Nc1c(F)c(Cl)c(-c2cn3cc(NC(=O)[C@@H]4C[C@@H]4CO)nc3cn2)c2cn[nH]c12. The molecule has 1 aromatic carbocycles. The minimum absolute atomic E-state index is 0.00180. The molecule has 1 aliphatic carbocycles. The monoisotopic (exact) mass is 457 g/mol. The van der Waals surface area contributed by atoms with Crippen molar-refractivity contribution in [2.24, 2.45) is 11.8 Å². The van der Waals surface area contributed by atoms with Crippen molar-refractivity contribution < 1.29 is 14.3 Å². The lowest BCUT2D eigenvalue weighted by atomic mass is 10.1. The molecule has 4 aromatic rings. The van der Waals surface area contributed by atoms with Crippen LogP contribution >= 0.6 is 11.6 Å². The standard InChI is InChI=1S/C21H21ClFN7O2/c1-9(2)26-20-18(23)17(22)16(12-4-25-29-19(12)20)13-6-30-7-14(27-15(30)5-24-13)28-21(32)11-3-10(11)8-31/h4-7,9-11,26,31H,3,8H2,1-2H3,(H,25,29)(H,28,32)/t10-,11-/m1/s1. The zero-order valence-corrected chi connectivity index (χ0v) is 18.1. The number of nitrogens with zero attached hydrogens (tertiary/aromatic N) is 4. The molecule has 0 bridgehead atoms. The van der Waals surface area contributed by atoms with Crippen LogP contribution in [-0.4, -0.2) is 48.2 Å². The molecule has 11 heteroatoms. The van der Waals surface area contributed by atoms with E-state index in [1.807, 2.05) is 13.8 Å². The number of rotatable bonds is 6. The lowest BCUT2D eigenvalue weighted by Crippen LogP contribution is -2.15. The molecule has 0 spiro atoms. The number of benzene rings is 1. The molecule has 0 unspecified atom stereocenters. The van der Waals surface area contributed by atoms with Crippen molar-refractivity contribution in [1.82, 2.24) is 24.6 Å². The van der Waals surface area contributed by atoms with Crippen molar-refractivity contribution in [3.8, 4) is 11.3 Å². The van der Waals surface area contributed by atoms with Gasteiger partial charge in [0.05, 0.1) is 40.5 Å². The average molecular weight is 458 g/mol. The second kappa shape index (κ2) is 7.72. The zero-order chi connectivity index (χ0) is 22.6. The lowest BCUT2D eigenvalue weighted by molar-refractivity contribution is -0.117. The van der Waals surface area contributed by atoms with Gasteiger partial charge in [0.25, 0.3) is 0 Å². The maximum atomic E-state index is 15.2. The number of carbonyl (C=O) groups is 1. The summed E-state index contributed by atoms with van der Waals surface area (Å²) in [6.45, 7) is 3.81. The Labute approximate surface area is 187 Å². The molecule has 166 valence electrons. The second-order valence-corrected chi connectivity index (χ2v) is 8.65. The number of amides is 1. The highest BCUT2D eigenvalue weighted by atomic mass is 35.5. The van der Waals surface area contributed by atoms with Crippen molar-refractivity contribution in [3.63, 3.8) is 0 Å². The van der Waals surface area contributed by atoms with Crippen molar-refractivity contribution >= 4 is 45.6 Å². The fourth-order valence-corrected chi connectivity index (χ4v) is 4.16. The van der Waals surface area contributed by atoms with Gasteiger partial charge in [-0.3, -0.25) is 14.9 Å². The van der Waals surface area contributed by atoms with Gasteiger partial charge in [-0.25, -0.2) is 9.37 Å². The third kappa shape index (κ3) is 3.45. The van der Waals surface area contributed by atoms with E-state index >= 15 is 4.39 Å². The summed E-state index contributed by atoms with van der Waals surface area (Å²) in [6.07, 6.45) is 7.11. The van der Waals surface area contributed by atoms with E-state index < -0.39 is 5.82 Å². The Balaban J connectivity index is 1.53. The molecule has 0 saturated heterocycles. The summed E-state index contributed by atoms with van der Waals surface area (Å²) in [7, 11) is 0. The molecular weight excluding hydrogens is 437 g/mol. The van der Waals surface area contributed by atoms with Crippen LogP contribution in [0.5, 0.6) is 0 Å². The summed E-state index contributed by atoms with van der Waals surface area (Å²) < 4.78 is 16.9. The van der Waals surface area contributed by atoms with Crippen LogP contribution in [0.1, 0.15) is 20.3 Å². The van der Waals surface area contributed by atoms with E-state index in [-0.39, 0.29) is 41.1 Å². The van der Waals surface area contributed by atoms with Gasteiger partial charge in [-0.1, -0.05) is 11.6 Å². The number of aliphatic hydroxyl groups excluding tert-OH is 1. The molecule has 4 N–H and O–H groups in total. The van der Waals surface area contributed by atoms with Crippen LogP contribution in [0.3, 0.4) is 0 Å². The highest BCUT2D eigenvalue weighted by Gasteiger charge is 2.42. The molecular formula is C21H21ClFN7O2. The van der Waals surface area contributed by atoms with Crippen molar-refractivity contribution in [3.05, 3.63) is 35.6 Å². The number of imidazole rings is 1. The van der Waals surface area contributed by atoms with E-state index in [1.165, 1.54) is 6.20 Å². The first kappa shape index (κ1) is 20.7. The number of nitrogens with one attached hydrogen (secondary N) is 3. The second-order valence-electron chi connectivity index (χ2n) is 8.27. The molecule has 1 fully saturated rings. The van der Waals surface area contributed by atoms with Crippen LogP contribution < -0.4 is 10.6 Å². The van der Waals surface area contributed by atoms with Gasteiger partial charge in [0.15, 0.2) is 17.3 Å². The normalized spacial score (nSPS) is 17.9. The summed E-state index contributed by atoms with van der Waals surface area (Å²) in [5.74, 6) is -0.551. The highest BCUT2D eigenvalue weighted by molar-refractivity contribution is 6.35. The fourth-order valence-electron chi connectivity index (χ4n) is 3.87. The first-order valence-corrected chi connectivity index (χ1v) is 10.6. The third-order valence-corrected chi connectivity index (χ3v) is 5.92. The number of aliphatic hydroxyl groups is 1. The minimum Gasteiger partial charge on any atom is -0.396 e. The summed E-state index contributed by atoms with van der Waals surface area (Å²) in [6, 6.07) is -0.00438. The number of aromatic amines is 1. The third-order valence-electron chi connectivity index (χ3n) is 5.57.